The molecule has 0 bridgehead atoms. The number of nitrogens with zero attached hydrogens (tertiary/aromatic N) is 2. The maximum absolute atomic E-state index is 11.5. The summed E-state index contributed by atoms with van der Waals surface area (Å²) in [4.78, 5) is 20.3. The molecule has 0 aliphatic rings. The van der Waals surface area contributed by atoms with Gasteiger partial charge in [0.25, 0.3) is 0 Å². The van der Waals surface area contributed by atoms with E-state index in [9.17, 15) is 15.0 Å². The van der Waals surface area contributed by atoms with Gasteiger partial charge in [-0.2, -0.15) is 0 Å². The molecule has 6 nitrogen and oxygen atoms in total. The van der Waals surface area contributed by atoms with Gasteiger partial charge in [-0.3, -0.25) is 0 Å². The number of aromatic nitrogens is 2. The number of pyridine rings is 1. The predicted molar refractivity (Wildman–Crippen MR) is 71.9 cm³/mol. The Balaban J connectivity index is 1.79. The monoisotopic (exact) mass is 298 g/mol. The number of carbonyl (C=O) groups is 1. The van der Waals surface area contributed by atoms with Crippen LogP contribution in [-0.4, -0.2) is 31.6 Å². The third-order valence-corrected chi connectivity index (χ3v) is 4.05. The molecule has 2 N–H and O–H groups in total. The second-order valence-corrected chi connectivity index (χ2v) is 5.64. The van der Waals surface area contributed by atoms with E-state index in [1.807, 2.05) is 12.1 Å². The average molecular weight is 298 g/mol. The molecule has 0 unspecified atom stereocenters. The molecule has 0 aliphatic carbocycles. The summed E-state index contributed by atoms with van der Waals surface area (Å²) in [7, 11) is 2.59. The molecule has 0 saturated heterocycles. The third kappa shape index (κ3) is 3.83. The standard InChI is InChI=1S/C11H10N2O4S2/c14-9-4-5-10(15)13(9)17-11(16)7-18-19-8-3-1-2-6-12-8/h1-6,14-15H,7H2. The second kappa shape index (κ2) is 6.39. The van der Waals surface area contributed by atoms with Crippen molar-refractivity contribution in [3.63, 3.8) is 0 Å². The Morgan fingerprint density at radius 1 is 1.26 bits per heavy atom. The van der Waals surface area contributed by atoms with Crippen molar-refractivity contribution in [2.75, 3.05) is 5.75 Å². The van der Waals surface area contributed by atoms with Gasteiger partial charge < -0.3 is 15.1 Å². The van der Waals surface area contributed by atoms with Crippen molar-refractivity contribution in [3.05, 3.63) is 36.5 Å². The fourth-order valence-corrected chi connectivity index (χ4v) is 2.85. The summed E-state index contributed by atoms with van der Waals surface area (Å²) in [5.41, 5.74) is 0. The van der Waals surface area contributed by atoms with Crippen molar-refractivity contribution in [1.82, 2.24) is 9.71 Å². The Bertz CT molecular complexity index is 540. The summed E-state index contributed by atoms with van der Waals surface area (Å²) in [6, 6.07) is 7.92. The van der Waals surface area contributed by atoms with Gasteiger partial charge >= 0.3 is 5.97 Å². The zero-order chi connectivity index (χ0) is 13.7. The smallest absolute Gasteiger partial charge is 0.343 e. The van der Waals surface area contributed by atoms with E-state index in [0.29, 0.717) is 4.73 Å². The van der Waals surface area contributed by atoms with E-state index in [1.165, 1.54) is 33.7 Å². The highest BCUT2D eigenvalue weighted by atomic mass is 33.1. The van der Waals surface area contributed by atoms with Crippen molar-refractivity contribution in [2.24, 2.45) is 0 Å². The highest BCUT2D eigenvalue weighted by molar-refractivity contribution is 8.76. The van der Waals surface area contributed by atoms with Gasteiger partial charge in [0.2, 0.25) is 11.8 Å². The SMILES string of the molecule is O=C(CSSc1ccccn1)On1c(O)ccc1O. The van der Waals surface area contributed by atoms with Gasteiger partial charge in [0.15, 0.2) is 0 Å². The number of hydrogen-bond acceptors (Lipinski definition) is 7. The molecule has 2 heterocycles. The molecule has 0 radical (unpaired) electrons. The first-order valence-corrected chi connectivity index (χ1v) is 7.50. The lowest BCUT2D eigenvalue weighted by atomic mass is 10.5. The van der Waals surface area contributed by atoms with Crippen LogP contribution in [0, 0.1) is 0 Å². The topological polar surface area (TPSA) is 84.6 Å². The molecule has 0 aromatic carbocycles. The minimum Gasteiger partial charge on any atom is -0.492 e. The first-order chi connectivity index (χ1) is 9.16. The Morgan fingerprint density at radius 2 is 2.00 bits per heavy atom. The molecule has 0 amide bonds. The number of carbonyl (C=O) groups excluding carboxylic acids is 1. The van der Waals surface area contributed by atoms with Crippen LogP contribution in [0.3, 0.4) is 0 Å². The molecule has 0 aliphatic heterocycles. The van der Waals surface area contributed by atoms with Crippen LogP contribution in [0.15, 0.2) is 41.6 Å². The van der Waals surface area contributed by atoms with Crippen LogP contribution in [0.1, 0.15) is 0 Å². The van der Waals surface area contributed by atoms with Crippen LogP contribution in [0.25, 0.3) is 0 Å². The molecule has 0 atom stereocenters. The maximum Gasteiger partial charge on any atom is 0.343 e. The fraction of sp³-hybridized carbons (Fsp3) is 0.0909. The average Bonchev–Trinajstić information content (AvgIpc) is 2.72. The van der Waals surface area contributed by atoms with Crippen molar-refractivity contribution < 1.29 is 19.8 Å². The Kier molecular flexibility index (Phi) is 4.58. The van der Waals surface area contributed by atoms with Gasteiger partial charge in [-0.1, -0.05) is 16.9 Å². The Morgan fingerprint density at radius 3 is 2.63 bits per heavy atom. The number of aromatic hydroxyl groups is 2. The molecule has 0 spiro atoms. The van der Waals surface area contributed by atoms with Crippen LogP contribution in [0.4, 0.5) is 0 Å². The minimum atomic E-state index is -0.588. The first-order valence-electron chi connectivity index (χ1n) is 5.18. The first kappa shape index (κ1) is 13.6. The van der Waals surface area contributed by atoms with E-state index in [4.69, 9.17) is 4.84 Å². The van der Waals surface area contributed by atoms with Gasteiger partial charge in [-0.15, -0.1) is 4.73 Å². The molecule has 2 aromatic heterocycles. The Hall–Kier alpha value is -1.80. The molecule has 100 valence electrons. The van der Waals surface area contributed by atoms with Gasteiger partial charge in [0.05, 0.1) is 0 Å². The van der Waals surface area contributed by atoms with E-state index in [2.05, 4.69) is 4.98 Å². The molecular formula is C11H10N2O4S2. The van der Waals surface area contributed by atoms with Gasteiger partial charge in [0, 0.05) is 18.3 Å². The molecule has 2 rings (SSSR count). The molecule has 0 saturated carbocycles. The molecule has 19 heavy (non-hydrogen) atoms. The second-order valence-electron chi connectivity index (χ2n) is 3.32. The summed E-state index contributed by atoms with van der Waals surface area (Å²) in [5.74, 6) is -1.21. The lowest BCUT2D eigenvalue weighted by Gasteiger charge is -2.06. The molecular weight excluding hydrogens is 288 g/mol. The molecule has 8 heteroatoms. The Labute approximate surface area is 116 Å². The number of hydrogen-bond donors (Lipinski definition) is 2. The predicted octanol–water partition coefficient (Wildman–Crippen LogP) is 1.69. The largest absolute Gasteiger partial charge is 0.492 e. The quantitative estimate of drug-likeness (QED) is 0.812. The van der Waals surface area contributed by atoms with E-state index >= 15 is 0 Å². The summed E-state index contributed by atoms with van der Waals surface area (Å²) < 4.78 is 0.661. The van der Waals surface area contributed by atoms with Crippen LogP contribution >= 0.6 is 21.6 Å². The fourth-order valence-electron chi connectivity index (χ4n) is 1.16. The summed E-state index contributed by atoms with van der Waals surface area (Å²) in [6.07, 6.45) is 1.66. The third-order valence-electron chi connectivity index (χ3n) is 1.95. The van der Waals surface area contributed by atoms with E-state index in [1.54, 1.807) is 12.3 Å². The summed E-state index contributed by atoms with van der Waals surface area (Å²) in [5, 5.41) is 19.4. The lowest BCUT2D eigenvalue weighted by Crippen LogP contribution is -2.20. The van der Waals surface area contributed by atoms with Crippen LogP contribution in [0.5, 0.6) is 11.8 Å². The van der Waals surface area contributed by atoms with E-state index in [-0.39, 0.29) is 17.5 Å². The zero-order valence-electron chi connectivity index (χ0n) is 9.59. The normalized spacial score (nSPS) is 10.3. The van der Waals surface area contributed by atoms with Gasteiger partial charge in [0.1, 0.15) is 10.8 Å². The van der Waals surface area contributed by atoms with Crippen molar-refractivity contribution >= 4 is 27.6 Å². The zero-order valence-corrected chi connectivity index (χ0v) is 11.2. The van der Waals surface area contributed by atoms with E-state index in [0.717, 1.165) is 5.03 Å². The van der Waals surface area contributed by atoms with E-state index < -0.39 is 5.97 Å². The lowest BCUT2D eigenvalue weighted by molar-refractivity contribution is -0.142. The van der Waals surface area contributed by atoms with Crippen molar-refractivity contribution in [1.29, 1.82) is 0 Å². The minimum absolute atomic E-state index is 0.0539. The molecule has 2 aromatic rings. The maximum atomic E-state index is 11.5. The highest BCUT2D eigenvalue weighted by Crippen LogP contribution is 2.28. The summed E-state index contributed by atoms with van der Waals surface area (Å²) in [6.45, 7) is 0. The summed E-state index contributed by atoms with van der Waals surface area (Å²) >= 11 is 0. The highest BCUT2D eigenvalue weighted by Gasteiger charge is 2.12. The van der Waals surface area contributed by atoms with Crippen LogP contribution < -0.4 is 4.84 Å². The van der Waals surface area contributed by atoms with Crippen molar-refractivity contribution in [3.8, 4) is 11.8 Å². The number of rotatable bonds is 5. The van der Waals surface area contributed by atoms with Gasteiger partial charge in [-0.05, 0) is 22.9 Å². The van der Waals surface area contributed by atoms with Crippen LogP contribution in [-0.2, 0) is 4.79 Å². The van der Waals surface area contributed by atoms with Crippen LogP contribution in [0.2, 0.25) is 0 Å². The van der Waals surface area contributed by atoms with Crippen molar-refractivity contribution in [2.45, 2.75) is 5.03 Å². The van der Waals surface area contributed by atoms with Gasteiger partial charge in [-0.25, -0.2) is 9.78 Å². The molecule has 0 fully saturated rings.